The number of aliphatic hydroxyl groups is 1. The highest BCUT2D eigenvalue weighted by Gasteiger charge is 2.50. The van der Waals surface area contributed by atoms with Crippen LogP contribution in [0.15, 0.2) is 30.3 Å². The lowest BCUT2D eigenvalue weighted by Gasteiger charge is -2.13. The molecule has 1 aromatic rings. The molecule has 1 unspecified atom stereocenters. The Balaban J connectivity index is 2.05. The Morgan fingerprint density at radius 2 is 1.95 bits per heavy atom. The van der Waals surface area contributed by atoms with Crippen LogP contribution in [-0.4, -0.2) is 34.7 Å². The van der Waals surface area contributed by atoms with Gasteiger partial charge in [0.05, 0.1) is 18.2 Å². The van der Waals surface area contributed by atoms with Gasteiger partial charge in [-0.1, -0.05) is 50.8 Å². The van der Waals surface area contributed by atoms with Crippen molar-refractivity contribution in [1.29, 1.82) is 0 Å². The summed E-state index contributed by atoms with van der Waals surface area (Å²) in [6.07, 6.45) is 0.826. The van der Waals surface area contributed by atoms with E-state index in [1.54, 1.807) is 0 Å². The van der Waals surface area contributed by atoms with E-state index in [2.05, 4.69) is 37.5 Å². The third-order valence-electron chi connectivity index (χ3n) is 3.63. The van der Waals surface area contributed by atoms with Gasteiger partial charge in [0.25, 0.3) is 0 Å². The van der Waals surface area contributed by atoms with E-state index in [1.165, 1.54) is 0 Å². The maximum atomic E-state index is 10.2. The van der Waals surface area contributed by atoms with Crippen molar-refractivity contribution in [2.24, 2.45) is 5.92 Å². The molecule has 1 saturated heterocycles. The summed E-state index contributed by atoms with van der Waals surface area (Å²) < 4.78 is 0. The minimum absolute atomic E-state index is 0.219. The summed E-state index contributed by atoms with van der Waals surface area (Å²) in [5.74, 6) is 6.81. The molecule has 0 aliphatic carbocycles. The van der Waals surface area contributed by atoms with Crippen LogP contribution in [-0.2, 0) is 0 Å². The van der Waals surface area contributed by atoms with E-state index < -0.39 is 0 Å². The molecule has 2 rings (SSSR count). The molecule has 4 atom stereocenters. The second-order valence-electron chi connectivity index (χ2n) is 5.54. The van der Waals surface area contributed by atoms with E-state index in [9.17, 15) is 5.11 Å². The fraction of sp³-hybridized carbons (Fsp3) is 0.529. The molecule has 0 bridgehead atoms. The van der Waals surface area contributed by atoms with Crippen LogP contribution in [0.5, 0.6) is 0 Å². The summed E-state index contributed by atoms with van der Waals surface area (Å²) in [6.45, 7) is 7.31. The van der Waals surface area contributed by atoms with Gasteiger partial charge in [-0.25, -0.2) is 0 Å². The molecule has 19 heavy (non-hydrogen) atoms. The van der Waals surface area contributed by atoms with Gasteiger partial charge in [0, 0.05) is 5.56 Å². The van der Waals surface area contributed by atoms with Gasteiger partial charge in [0.15, 0.2) is 0 Å². The molecule has 0 aromatic heterocycles. The molecular weight excluding hydrogens is 234 g/mol. The van der Waals surface area contributed by atoms with E-state index >= 15 is 0 Å². The molecule has 2 nitrogen and oxygen atoms in total. The minimum atomic E-state index is -0.276. The molecule has 0 spiro atoms. The van der Waals surface area contributed by atoms with Crippen molar-refractivity contribution in [2.75, 3.05) is 6.54 Å². The van der Waals surface area contributed by atoms with Gasteiger partial charge in [-0.05, 0) is 31.0 Å². The highest BCUT2D eigenvalue weighted by Crippen LogP contribution is 2.33. The van der Waals surface area contributed by atoms with Crippen LogP contribution in [0.4, 0.5) is 0 Å². The number of nitrogens with zero attached hydrogens (tertiary/aromatic N) is 1. The van der Waals surface area contributed by atoms with Gasteiger partial charge in [0.1, 0.15) is 0 Å². The Kier molecular flexibility index (Phi) is 4.63. The summed E-state index contributed by atoms with van der Waals surface area (Å²) in [6, 6.07) is 10.5. The predicted molar refractivity (Wildman–Crippen MR) is 78.7 cm³/mol. The molecule has 1 heterocycles. The Hall–Kier alpha value is -1.30. The Morgan fingerprint density at radius 3 is 2.53 bits per heavy atom. The van der Waals surface area contributed by atoms with Crippen molar-refractivity contribution in [3.8, 4) is 11.8 Å². The van der Waals surface area contributed by atoms with Crippen LogP contribution < -0.4 is 0 Å². The van der Waals surface area contributed by atoms with Crippen LogP contribution in [0.1, 0.15) is 32.8 Å². The Morgan fingerprint density at radius 1 is 1.26 bits per heavy atom. The monoisotopic (exact) mass is 257 g/mol. The van der Waals surface area contributed by atoms with Gasteiger partial charge in [0.2, 0.25) is 0 Å². The van der Waals surface area contributed by atoms with Crippen LogP contribution >= 0.6 is 0 Å². The van der Waals surface area contributed by atoms with Crippen molar-refractivity contribution < 1.29 is 5.11 Å². The number of hydrogen-bond acceptors (Lipinski definition) is 2. The number of rotatable bonds is 4. The van der Waals surface area contributed by atoms with Crippen LogP contribution in [0.2, 0.25) is 0 Å². The van der Waals surface area contributed by atoms with Crippen molar-refractivity contribution in [1.82, 2.24) is 4.90 Å². The number of hydrogen-bond donors (Lipinski definition) is 1. The zero-order chi connectivity index (χ0) is 13.8. The molecule has 1 aliphatic heterocycles. The first-order chi connectivity index (χ1) is 9.15. The first kappa shape index (κ1) is 14.1. The number of benzene rings is 1. The quantitative estimate of drug-likeness (QED) is 0.662. The van der Waals surface area contributed by atoms with Crippen molar-refractivity contribution in [3.05, 3.63) is 35.9 Å². The minimum Gasteiger partial charge on any atom is -0.391 e. The average Bonchev–Trinajstić information content (AvgIpc) is 3.10. The highest BCUT2D eigenvalue weighted by atomic mass is 16.3. The highest BCUT2D eigenvalue weighted by molar-refractivity contribution is 5.37. The molecule has 1 aromatic carbocycles. The lowest BCUT2D eigenvalue weighted by Crippen LogP contribution is -2.25. The van der Waals surface area contributed by atoms with E-state index in [-0.39, 0.29) is 24.1 Å². The second kappa shape index (κ2) is 6.23. The van der Waals surface area contributed by atoms with Gasteiger partial charge in [-0.3, -0.25) is 4.90 Å². The van der Waals surface area contributed by atoms with E-state index in [4.69, 9.17) is 0 Å². The molecule has 102 valence electrons. The van der Waals surface area contributed by atoms with Crippen LogP contribution in [0.25, 0.3) is 0 Å². The molecule has 0 saturated carbocycles. The van der Waals surface area contributed by atoms with Gasteiger partial charge >= 0.3 is 0 Å². The lowest BCUT2D eigenvalue weighted by molar-refractivity contribution is 0.109. The summed E-state index contributed by atoms with van der Waals surface area (Å²) in [5, 5.41) is 10.2. The standard InChI is InChI=1S/C17H23NO/c1-4-12-18-15(16(18)17(19)13(2)3)11-10-14-8-6-5-7-9-14/h5-9,13,15-17,19H,4,12H2,1-3H3/t15-,16-,17+,18?/m0/s1. The third-order valence-corrected chi connectivity index (χ3v) is 3.63. The molecule has 0 amide bonds. The fourth-order valence-electron chi connectivity index (χ4n) is 2.47. The smallest absolute Gasteiger partial charge is 0.0905 e. The van der Waals surface area contributed by atoms with E-state index in [0.29, 0.717) is 0 Å². The maximum absolute atomic E-state index is 10.2. The zero-order valence-electron chi connectivity index (χ0n) is 12.0. The molecule has 1 N–H and O–H groups in total. The Bertz CT molecular complexity index is 457. The average molecular weight is 257 g/mol. The maximum Gasteiger partial charge on any atom is 0.0905 e. The summed E-state index contributed by atoms with van der Waals surface area (Å²) in [5.41, 5.74) is 1.05. The zero-order valence-corrected chi connectivity index (χ0v) is 12.0. The van der Waals surface area contributed by atoms with E-state index in [0.717, 1.165) is 18.5 Å². The summed E-state index contributed by atoms with van der Waals surface area (Å²) in [4.78, 5) is 2.31. The molecule has 2 heteroatoms. The topological polar surface area (TPSA) is 23.2 Å². The summed E-state index contributed by atoms with van der Waals surface area (Å²) >= 11 is 0. The predicted octanol–water partition coefficient (Wildman–Crippen LogP) is 2.52. The first-order valence-electron chi connectivity index (χ1n) is 7.15. The third kappa shape index (κ3) is 3.37. The molecular formula is C17H23NO. The Labute approximate surface area is 116 Å². The SMILES string of the molecule is CCCN1[C@H]([C@H](O)C(C)C)[C@@H]1C#Cc1ccccc1. The van der Waals surface area contributed by atoms with Crippen molar-refractivity contribution >= 4 is 0 Å². The lowest BCUT2D eigenvalue weighted by atomic mass is 10.0. The second-order valence-corrected chi connectivity index (χ2v) is 5.54. The first-order valence-corrected chi connectivity index (χ1v) is 7.15. The van der Waals surface area contributed by atoms with Crippen LogP contribution in [0, 0.1) is 17.8 Å². The largest absolute Gasteiger partial charge is 0.391 e. The number of aliphatic hydroxyl groups excluding tert-OH is 1. The molecule has 1 aliphatic rings. The normalized spacial score (nSPS) is 26.7. The van der Waals surface area contributed by atoms with Crippen molar-refractivity contribution in [3.63, 3.8) is 0 Å². The van der Waals surface area contributed by atoms with Crippen LogP contribution in [0.3, 0.4) is 0 Å². The molecule has 1 fully saturated rings. The van der Waals surface area contributed by atoms with E-state index in [1.807, 2.05) is 30.3 Å². The van der Waals surface area contributed by atoms with Gasteiger partial charge in [-0.2, -0.15) is 0 Å². The van der Waals surface area contributed by atoms with Gasteiger partial charge in [-0.15, -0.1) is 0 Å². The summed E-state index contributed by atoms with van der Waals surface area (Å²) in [7, 11) is 0. The molecule has 0 radical (unpaired) electrons. The fourth-order valence-corrected chi connectivity index (χ4v) is 2.47. The van der Waals surface area contributed by atoms with Gasteiger partial charge < -0.3 is 5.11 Å². The van der Waals surface area contributed by atoms with Crippen molar-refractivity contribution in [2.45, 2.75) is 45.4 Å².